The van der Waals surface area contributed by atoms with Crippen LogP contribution in [0, 0.1) is 0 Å². The molecule has 4 heteroatoms. The second-order valence-electron chi connectivity index (χ2n) is 5.48. The summed E-state index contributed by atoms with van der Waals surface area (Å²) in [7, 11) is 0. The quantitative estimate of drug-likeness (QED) is 0.600. The van der Waals surface area contributed by atoms with Gasteiger partial charge in [-0.25, -0.2) is 0 Å². The molecule has 18 heavy (non-hydrogen) atoms. The Balaban J connectivity index is 1.96. The molecule has 2 aliphatic rings. The molecule has 1 N–H and O–H groups in total. The van der Waals surface area contributed by atoms with E-state index < -0.39 is 0 Å². The average molecular weight is 255 g/mol. The van der Waals surface area contributed by atoms with Crippen LogP contribution in [0.4, 0.5) is 0 Å². The monoisotopic (exact) mass is 255 g/mol. The molecule has 0 saturated heterocycles. The van der Waals surface area contributed by atoms with Crippen molar-refractivity contribution in [3.05, 3.63) is 0 Å². The number of aliphatic hydroxyl groups is 1. The lowest BCUT2D eigenvalue weighted by molar-refractivity contribution is -0.146. The Hall–Kier alpha value is -0.610. The third-order valence-electron chi connectivity index (χ3n) is 4.00. The Morgan fingerprint density at radius 1 is 1.22 bits per heavy atom. The van der Waals surface area contributed by atoms with E-state index in [4.69, 9.17) is 4.74 Å². The number of ether oxygens (including phenoxy) is 1. The van der Waals surface area contributed by atoms with Crippen LogP contribution in [0.3, 0.4) is 0 Å². The number of rotatable bonds is 5. The predicted octanol–water partition coefficient (Wildman–Crippen LogP) is 1.71. The average Bonchev–Trinajstić information content (AvgIpc) is 3.14. The summed E-state index contributed by atoms with van der Waals surface area (Å²) in [5.74, 6) is -0.152. The van der Waals surface area contributed by atoms with E-state index in [0.29, 0.717) is 19.2 Å². The zero-order valence-corrected chi connectivity index (χ0v) is 11.3. The van der Waals surface area contributed by atoms with Crippen molar-refractivity contribution in [1.29, 1.82) is 0 Å². The van der Waals surface area contributed by atoms with Crippen molar-refractivity contribution in [2.75, 3.05) is 13.2 Å². The lowest BCUT2D eigenvalue weighted by Gasteiger charge is -2.33. The Bertz CT molecular complexity index is 278. The summed E-state index contributed by atoms with van der Waals surface area (Å²) in [4.78, 5) is 13.9. The van der Waals surface area contributed by atoms with Crippen LogP contribution in [-0.4, -0.2) is 47.3 Å². The van der Waals surface area contributed by atoms with Crippen LogP contribution in [0.25, 0.3) is 0 Å². The number of carbonyl (C=O) groups is 1. The summed E-state index contributed by atoms with van der Waals surface area (Å²) in [6, 6.07) is 0.650. The molecule has 2 rings (SSSR count). The third kappa shape index (κ3) is 3.69. The van der Waals surface area contributed by atoms with E-state index in [1.807, 2.05) is 6.92 Å². The van der Waals surface area contributed by atoms with Gasteiger partial charge in [-0.3, -0.25) is 9.69 Å². The molecule has 2 atom stereocenters. The van der Waals surface area contributed by atoms with E-state index in [0.717, 1.165) is 38.5 Å². The summed E-state index contributed by atoms with van der Waals surface area (Å²) >= 11 is 0. The second-order valence-corrected chi connectivity index (χ2v) is 5.48. The van der Waals surface area contributed by atoms with Crippen molar-refractivity contribution in [1.82, 2.24) is 4.90 Å². The van der Waals surface area contributed by atoms with Crippen molar-refractivity contribution in [3.63, 3.8) is 0 Å². The molecule has 2 fully saturated rings. The number of esters is 1. The number of carbonyl (C=O) groups excluding carboxylic acids is 1. The van der Waals surface area contributed by atoms with E-state index in [9.17, 15) is 9.90 Å². The highest BCUT2D eigenvalue weighted by atomic mass is 16.5. The lowest BCUT2D eigenvalue weighted by Crippen LogP contribution is -2.47. The minimum Gasteiger partial charge on any atom is -0.465 e. The van der Waals surface area contributed by atoms with Gasteiger partial charge in [0.15, 0.2) is 0 Å². The maximum absolute atomic E-state index is 11.7. The van der Waals surface area contributed by atoms with Gasteiger partial charge in [-0.2, -0.15) is 0 Å². The molecule has 0 amide bonds. The van der Waals surface area contributed by atoms with E-state index >= 15 is 0 Å². The van der Waals surface area contributed by atoms with Gasteiger partial charge in [-0.15, -0.1) is 0 Å². The van der Waals surface area contributed by atoms with Crippen LogP contribution in [0.2, 0.25) is 0 Å². The zero-order chi connectivity index (χ0) is 13.0. The highest BCUT2D eigenvalue weighted by molar-refractivity contribution is 5.71. The van der Waals surface area contributed by atoms with Gasteiger partial charge in [0.1, 0.15) is 0 Å². The summed E-state index contributed by atoms with van der Waals surface area (Å²) < 4.78 is 5.05. The van der Waals surface area contributed by atoms with Crippen LogP contribution in [-0.2, 0) is 9.53 Å². The lowest BCUT2D eigenvalue weighted by atomic mass is 10.0. The summed E-state index contributed by atoms with van der Waals surface area (Å²) in [6.07, 6.45) is 7.39. The van der Waals surface area contributed by atoms with Gasteiger partial charge in [0.25, 0.3) is 0 Å². The Kier molecular flexibility index (Phi) is 5.01. The first-order valence-corrected chi connectivity index (χ1v) is 7.31. The fourth-order valence-electron chi connectivity index (χ4n) is 2.93. The van der Waals surface area contributed by atoms with Crippen LogP contribution in [0.15, 0.2) is 0 Å². The number of hydrogen-bond acceptors (Lipinski definition) is 4. The fourth-order valence-corrected chi connectivity index (χ4v) is 2.93. The molecule has 2 aliphatic carbocycles. The van der Waals surface area contributed by atoms with Gasteiger partial charge in [0.2, 0.25) is 0 Å². The molecular weight excluding hydrogens is 230 g/mol. The molecule has 0 aliphatic heterocycles. The predicted molar refractivity (Wildman–Crippen MR) is 69.2 cm³/mol. The van der Waals surface area contributed by atoms with Crippen LogP contribution in [0.1, 0.15) is 51.9 Å². The molecule has 0 aromatic heterocycles. The zero-order valence-electron chi connectivity index (χ0n) is 11.3. The largest absolute Gasteiger partial charge is 0.465 e. The fraction of sp³-hybridized carbons (Fsp3) is 0.929. The molecule has 0 bridgehead atoms. The summed E-state index contributed by atoms with van der Waals surface area (Å²) in [5, 5.41) is 10.2. The molecule has 2 saturated carbocycles. The summed E-state index contributed by atoms with van der Waals surface area (Å²) in [5.41, 5.74) is 0. The van der Waals surface area contributed by atoms with E-state index in [1.54, 1.807) is 0 Å². The minimum atomic E-state index is -0.275. The molecule has 0 aromatic rings. The van der Waals surface area contributed by atoms with Gasteiger partial charge in [0, 0.05) is 12.1 Å². The van der Waals surface area contributed by atoms with Crippen molar-refractivity contribution in [3.8, 4) is 0 Å². The van der Waals surface area contributed by atoms with Crippen molar-refractivity contribution >= 4 is 5.97 Å². The second kappa shape index (κ2) is 6.53. The molecule has 2 unspecified atom stereocenters. The highest BCUT2D eigenvalue weighted by Crippen LogP contribution is 2.33. The third-order valence-corrected chi connectivity index (χ3v) is 4.00. The smallest absolute Gasteiger partial charge is 0.320 e. The van der Waals surface area contributed by atoms with Crippen LogP contribution < -0.4 is 0 Å². The Morgan fingerprint density at radius 3 is 2.61 bits per heavy atom. The SMILES string of the molecule is CCOC(=O)CN(C1CC1)C1CCCCCC1O. The molecule has 0 spiro atoms. The molecule has 0 aromatic carbocycles. The van der Waals surface area contributed by atoms with E-state index in [2.05, 4.69) is 4.90 Å². The first kappa shape index (κ1) is 13.8. The van der Waals surface area contributed by atoms with Crippen molar-refractivity contribution < 1.29 is 14.6 Å². The molecule has 104 valence electrons. The van der Waals surface area contributed by atoms with Crippen LogP contribution >= 0.6 is 0 Å². The summed E-state index contributed by atoms with van der Waals surface area (Å²) in [6.45, 7) is 2.62. The molecule has 4 nitrogen and oxygen atoms in total. The van der Waals surface area contributed by atoms with Crippen LogP contribution in [0.5, 0.6) is 0 Å². The maximum atomic E-state index is 11.7. The highest BCUT2D eigenvalue weighted by Gasteiger charge is 2.38. The number of aliphatic hydroxyl groups excluding tert-OH is 1. The van der Waals surface area contributed by atoms with Crippen molar-refractivity contribution in [2.24, 2.45) is 0 Å². The molecular formula is C14H25NO3. The van der Waals surface area contributed by atoms with E-state index in [-0.39, 0.29) is 18.1 Å². The number of nitrogens with zero attached hydrogens (tertiary/aromatic N) is 1. The first-order chi connectivity index (χ1) is 8.72. The van der Waals surface area contributed by atoms with Gasteiger partial charge in [-0.05, 0) is 32.6 Å². The number of hydrogen-bond donors (Lipinski definition) is 1. The first-order valence-electron chi connectivity index (χ1n) is 7.31. The minimum absolute atomic E-state index is 0.152. The topological polar surface area (TPSA) is 49.8 Å². The Morgan fingerprint density at radius 2 is 1.94 bits per heavy atom. The molecule has 0 heterocycles. The van der Waals surface area contributed by atoms with Gasteiger partial charge >= 0.3 is 5.97 Å². The normalized spacial score (nSPS) is 29.1. The van der Waals surface area contributed by atoms with Gasteiger partial charge in [0.05, 0.1) is 19.3 Å². The Labute approximate surface area is 109 Å². The molecule has 0 radical (unpaired) electrons. The van der Waals surface area contributed by atoms with E-state index in [1.165, 1.54) is 6.42 Å². The van der Waals surface area contributed by atoms with Crippen molar-refractivity contribution in [2.45, 2.75) is 70.1 Å². The van der Waals surface area contributed by atoms with Gasteiger partial charge < -0.3 is 9.84 Å². The van der Waals surface area contributed by atoms with Gasteiger partial charge in [-0.1, -0.05) is 19.3 Å². The maximum Gasteiger partial charge on any atom is 0.320 e. The standard InChI is InChI=1S/C14H25NO3/c1-2-18-14(17)10-15(11-8-9-11)12-6-4-3-5-7-13(12)16/h11-13,16H,2-10H2,1H3.